The first-order valence-electron chi connectivity index (χ1n) is 10.1. The average molecular weight is 467 g/mol. The fourth-order valence-electron chi connectivity index (χ4n) is 3.83. The van der Waals surface area contributed by atoms with Crippen molar-refractivity contribution in [3.63, 3.8) is 0 Å². The van der Waals surface area contributed by atoms with E-state index in [4.69, 9.17) is 5.10 Å². The van der Waals surface area contributed by atoms with E-state index in [2.05, 4.69) is 37.9 Å². The summed E-state index contributed by atoms with van der Waals surface area (Å²) in [6, 6.07) is 4.85. The van der Waals surface area contributed by atoms with Crippen LogP contribution in [0.25, 0.3) is 5.82 Å². The van der Waals surface area contributed by atoms with Gasteiger partial charge in [0.05, 0.1) is 0 Å². The third-order valence-electron chi connectivity index (χ3n) is 5.34. The quantitative estimate of drug-likeness (QED) is 0.339. The minimum atomic E-state index is -2.64. The Morgan fingerprint density at radius 2 is 1.54 bits per heavy atom. The van der Waals surface area contributed by atoms with Gasteiger partial charge in [0, 0.05) is 0 Å². The molecule has 2 aromatic heterocycles. The Bertz CT molecular complexity index is 664. The van der Waals surface area contributed by atoms with Crippen molar-refractivity contribution in [1.29, 1.82) is 0 Å². The van der Waals surface area contributed by atoms with Gasteiger partial charge in [0.15, 0.2) is 0 Å². The Balaban J connectivity index is 2.45. The first-order chi connectivity index (χ1) is 12.6. The molecule has 0 spiro atoms. The van der Waals surface area contributed by atoms with Gasteiger partial charge in [-0.15, -0.1) is 0 Å². The Morgan fingerprint density at radius 3 is 2.04 bits per heavy atom. The van der Waals surface area contributed by atoms with Gasteiger partial charge < -0.3 is 0 Å². The predicted octanol–water partition coefficient (Wildman–Crippen LogP) is 5.17. The molecule has 26 heavy (non-hydrogen) atoms. The van der Waals surface area contributed by atoms with Gasteiger partial charge in [0.25, 0.3) is 0 Å². The summed E-state index contributed by atoms with van der Waals surface area (Å²) >= 11 is -2.64. The summed E-state index contributed by atoms with van der Waals surface area (Å²) in [6.45, 7) is 8.92. The third kappa shape index (κ3) is 5.05. The molecule has 0 aliphatic rings. The zero-order valence-electron chi connectivity index (χ0n) is 16.8. The molecule has 0 bridgehead atoms. The van der Waals surface area contributed by atoms with Gasteiger partial charge in [0.1, 0.15) is 0 Å². The molecule has 144 valence electrons. The van der Waals surface area contributed by atoms with E-state index in [1.165, 1.54) is 61.6 Å². The number of unbranched alkanes of at least 4 members (excludes halogenated alkanes) is 3. The Morgan fingerprint density at radius 1 is 0.962 bits per heavy atom. The molecule has 2 rings (SSSR count). The van der Waals surface area contributed by atoms with E-state index in [0.717, 1.165) is 5.69 Å². The molecule has 0 N–H and O–H groups in total. The zero-order chi connectivity index (χ0) is 19.0. The van der Waals surface area contributed by atoms with Gasteiger partial charge in [0.2, 0.25) is 0 Å². The van der Waals surface area contributed by atoms with E-state index < -0.39 is 24.3 Å². The number of rotatable bonds is 11. The molecule has 4 nitrogen and oxygen atoms in total. The summed E-state index contributed by atoms with van der Waals surface area (Å²) in [5, 5.41) is 9.10. The van der Waals surface area contributed by atoms with Crippen molar-refractivity contribution in [2.75, 3.05) is 0 Å². The van der Waals surface area contributed by atoms with Crippen LogP contribution in [0.4, 0.5) is 4.39 Å². The van der Waals surface area contributed by atoms with Crippen LogP contribution >= 0.6 is 0 Å². The second-order valence-electron chi connectivity index (χ2n) is 7.34. The van der Waals surface area contributed by atoms with Crippen molar-refractivity contribution in [2.24, 2.45) is 0 Å². The molecule has 0 aliphatic carbocycles. The summed E-state index contributed by atoms with van der Waals surface area (Å²) in [5.41, 5.74) is 1.09. The molecule has 0 atom stereocenters. The normalized spacial score (nSPS) is 11.9. The van der Waals surface area contributed by atoms with Crippen LogP contribution in [0.3, 0.4) is 0 Å². The number of hydrogen-bond acceptors (Lipinski definition) is 3. The van der Waals surface area contributed by atoms with Gasteiger partial charge >= 0.3 is 162 Å². The van der Waals surface area contributed by atoms with E-state index in [9.17, 15) is 4.39 Å². The first kappa shape index (κ1) is 21.3. The minimum absolute atomic E-state index is 0.475. The van der Waals surface area contributed by atoms with Crippen LogP contribution in [-0.2, 0) is 0 Å². The molecule has 0 aliphatic heterocycles. The molecule has 0 saturated carbocycles. The number of aromatic nitrogens is 4. The second-order valence-corrected chi connectivity index (χ2v) is 20.3. The number of halogens is 1. The summed E-state index contributed by atoms with van der Waals surface area (Å²) in [5.74, 6) is 0.0552. The van der Waals surface area contributed by atoms with Gasteiger partial charge in [-0.2, -0.15) is 0 Å². The molecule has 0 unspecified atom stereocenters. The van der Waals surface area contributed by atoms with Gasteiger partial charge in [-0.3, -0.25) is 0 Å². The first-order valence-corrected chi connectivity index (χ1v) is 17.6. The summed E-state index contributed by atoms with van der Waals surface area (Å²) in [6.07, 6.45) is 7.55. The zero-order valence-corrected chi connectivity index (χ0v) is 19.6. The Labute approximate surface area is 161 Å². The Kier molecular flexibility index (Phi) is 8.51. The van der Waals surface area contributed by atoms with Crippen molar-refractivity contribution in [2.45, 2.75) is 79.5 Å². The molecule has 2 aromatic rings. The molecular formula is C20H33FN4Sn. The molecule has 2 heterocycles. The van der Waals surface area contributed by atoms with E-state index in [1.807, 2.05) is 0 Å². The van der Waals surface area contributed by atoms with Crippen molar-refractivity contribution < 1.29 is 4.39 Å². The summed E-state index contributed by atoms with van der Waals surface area (Å²) in [4.78, 5) is 4.00. The van der Waals surface area contributed by atoms with Crippen molar-refractivity contribution in [3.8, 4) is 5.82 Å². The van der Waals surface area contributed by atoms with E-state index >= 15 is 0 Å². The van der Waals surface area contributed by atoms with Crippen LogP contribution in [0, 0.1) is 12.9 Å². The second kappa shape index (κ2) is 10.4. The third-order valence-corrected chi connectivity index (χ3v) is 20.7. The van der Waals surface area contributed by atoms with Crippen LogP contribution in [0.15, 0.2) is 18.2 Å². The molecule has 0 radical (unpaired) electrons. The van der Waals surface area contributed by atoms with Crippen LogP contribution in [0.1, 0.15) is 65.0 Å². The van der Waals surface area contributed by atoms with Crippen LogP contribution < -0.4 is 3.71 Å². The van der Waals surface area contributed by atoms with Crippen molar-refractivity contribution in [1.82, 2.24) is 20.0 Å². The molecular weight excluding hydrogens is 434 g/mol. The fraction of sp³-hybridized carbons (Fsp3) is 0.650. The van der Waals surface area contributed by atoms with Crippen molar-refractivity contribution in [3.05, 3.63) is 29.8 Å². The number of pyridine rings is 1. The number of nitrogens with zero attached hydrogens (tertiary/aromatic N) is 4. The summed E-state index contributed by atoms with van der Waals surface area (Å²) < 4.78 is 20.6. The standard InChI is InChI=1S/C8H6FN4.3C4H9.Sn/c1-6-5-10-12-13(6)8-4-2-3-7(9)11-8;3*1-3-4-2;/h2-4H,1H3;3*1,3-4H2,2H3;. The van der Waals surface area contributed by atoms with E-state index in [1.54, 1.807) is 16.8 Å². The van der Waals surface area contributed by atoms with Crippen LogP contribution in [0.2, 0.25) is 13.3 Å². The predicted molar refractivity (Wildman–Crippen MR) is 108 cm³/mol. The van der Waals surface area contributed by atoms with Gasteiger partial charge in [-0.1, -0.05) is 0 Å². The van der Waals surface area contributed by atoms with Gasteiger partial charge in [-0.25, -0.2) is 0 Å². The molecule has 0 fully saturated rings. The van der Waals surface area contributed by atoms with Gasteiger partial charge in [-0.05, 0) is 0 Å². The van der Waals surface area contributed by atoms with Crippen molar-refractivity contribution >= 4 is 22.1 Å². The number of hydrogen-bond donors (Lipinski definition) is 0. The Hall–Kier alpha value is -0.981. The van der Waals surface area contributed by atoms with E-state index in [0.29, 0.717) is 5.82 Å². The maximum atomic E-state index is 13.6. The fourth-order valence-corrected chi connectivity index (χ4v) is 20.0. The maximum absolute atomic E-state index is 13.6. The summed E-state index contributed by atoms with van der Waals surface area (Å²) in [7, 11) is 0. The average Bonchev–Trinajstić information content (AvgIpc) is 3.03. The topological polar surface area (TPSA) is 43.6 Å². The van der Waals surface area contributed by atoms with Crippen LogP contribution in [0.5, 0.6) is 0 Å². The molecule has 6 heteroatoms. The monoisotopic (exact) mass is 468 g/mol. The SMILES string of the molecule is CCC[CH2][Sn]([CH2]CCC)([CH2]CCC)[c]1nnn(-c2cccc(F)n2)c1C. The molecule has 0 amide bonds. The molecule has 0 saturated heterocycles. The van der Waals surface area contributed by atoms with Crippen LogP contribution in [-0.4, -0.2) is 38.4 Å². The van der Waals surface area contributed by atoms with E-state index in [-0.39, 0.29) is 0 Å². The molecule has 0 aromatic carbocycles.